The molecular formula is C18H30N2O2. The normalized spacial score (nSPS) is 43.3. The quantitative estimate of drug-likeness (QED) is 0.869. The highest BCUT2D eigenvalue weighted by Gasteiger charge is 2.62. The summed E-state index contributed by atoms with van der Waals surface area (Å²) >= 11 is 0. The van der Waals surface area contributed by atoms with Gasteiger partial charge in [0.05, 0.1) is 11.7 Å². The summed E-state index contributed by atoms with van der Waals surface area (Å²) in [5.74, 6) is 1.43. The van der Waals surface area contributed by atoms with Crippen molar-refractivity contribution in [2.45, 2.75) is 63.6 Å². The van der Waals surface area contributed by atoms with Gasteiger partial charge in [-0.25, -0.2) is 0 Å². The van der Waals surface area contributed by atoms with Crippen molar-refractivity contribution in [1.29, 1.82) is 0 Å². The van der Waals surface area contributed by atoms with Gasteiger partial charge in [-0.15, -0.1) is 0 Å². The van der Waals surface area contributed by atoms with E-state index in [-0.39, 0.29) is 16.9 Å². The fraction of sp³-hybridized carbons (Fsp3) is 0.944. The molecule has 0 radical (unpaired) electrons. The molecule has 4 heteroatoms. The van der Waals surface area contributed by atoms with Gasteiger partial charge in [-0.2, -0.15) is 0 Å². The van der Waals surface area contributed by atoms with Gasteiger partial charge < -0.3 is 15.0 Å². The van der Waals surface area contributed by atoms with Crippen LogP contribution in [0.3, 0.4) is 0 Å². The average Bonchev–Trinajstić information content (AvgIpc) is 3.12. The zero-order valence-electron chi connectivity index (χ0n) is 14.1. The molecule has 124 valence electrons. The zero-order valence-corrected chi connectivity index (χ0v) is 14.1. The Morgan fingerprint density at radius 3 is 2.82 bits per heavy atom. The Kier molecular flexibility index (Phi) is 3.53. The maximum absolute atomic E-state index is 12.7. The molecule has 4 aliphatic rings. The molecule has 4 rings (SSSR count). The third-order valence-corrected chi connectivity index (χ3v) is 6.96. The van der Waals surface area contributed by atoms with E-state index in [2.05, 4.69) is 24.2 Å². The number of likely N-dealkylation sites (N-methyl/N-ethyl adjacent to an activating group) is 1. The second-order valence-corrected chi connectivity index (χ2v) is 8.56. The summed E-state index contributed by atoms with van der Waals surface area (Å²) in [6.07, 6.45) is 8.60. The predicted octanol–water partition coefficient (Wildman–Crippen LogP) is 2.18. The van der Waals surface area contributed by atoms with E-state index >= 15 is 0 Å². The van der Waals surface area contributed by atoms with E-state index in [1.54, 1.807) is 0 Å². The topological polar surface area (TPSA) is 41.6 Å². The monoisotopic (exact) mass is 306 g/mol. The SMILES string of the molecule is CN1C[C@@H]2[C@H](CNC(=O)C3(C)CCCCC3)[C@H]3CC[C@]2(C1)O3. The van der Waals surface area contributed by atoms with Crippen LogP contribution in [0.1, 0.15) is 51.9 Å². The first kappa shape index (κ1) is 14.9. The highest BCUT2D eigenvalue weighted by Crippen LogP contribution is 2.54. The molecule has 0 unspecified atom stereocenters. The number of nitrogens with one attached hydrogen (secondary N) is 1. The summed E-state index contributed by atoms with van der Waals surface area (Å²) in [7, 11) is 2.20. The molecule has 1 aliphatic carbocycles. The molecule has 1 N–H and O–H groups in total. The Labute approximate surface area is 134 Å². The lowest BCUT2D eigenvalue weighted by Gasteiger charge is -2.34. The number of hydrogen-bond donors (Lipinski definition) is 1. The standard InChI is InChI=1S/C18H30N2O2/c1-17(7-4-3-5-8-17)16(21)19-10-13-14-11-20(2)12-18(14)9-6-15(13)22-18/h13-15H,3-12H2,1-2H3,(H,19,21)/t13-,14+,15+,18+/m0/s1. The number of fused-ring (bicyclic) bond motifs is 1. The van der Waals surface area contributed by atoms with Crippen LogP contribution in [0.5, 0.6) is 0 Å². The van der Waals surface area contributed by atoms with E-state index in [1.165, 1.54) is 32.1 Å². The minimum Gasteiger partial charge on any atom is -0.370 e. The highest BCUT2D eigenvalue weighted by molar-refractivity contribution is 5.82. The van der Waals surface area contributed by atoms with Crippen LogP contribution in [-0.2, 0) is 9.53 Å². The van der Waals surface area contributed by atoms with Gasteiger partial charge >= 0.3 is 0 Å². The van der Waals surface area contributed by atoms with E-state index < -0.39 is 0 Å². The van der Waals surface area contributed by atoms with Gasteiger partial charge in [-0.3, -0.25) is 4.79 Å². The molecule has 1 saturated carbocycles. The van der Waals surface area contributed by atoms with E-state index in [9.17, 15) is 4.79 Å². The number of ether oxygens (including phenoxy) is 1. The van der Waals surface area contributed by atoms with E-state index in [0.717, 1.165) is 32.5 Å². The number of hydrogen-bond acceptors (Lipinski definition) is 3. The number of carbonyl (C=O) groups is 1. The molecule has 4 atom stereocenters. The van der Waals surface area contributed by atoms with Crippen molar-refractivity contribution in [2.75, 3.05) is 26.7 Å². The molecule has 3 saturated heterocycles. The molecule has 3 heterocycles. The Morgan fingerprint density at radius 2 is 2.05 bits per heavy atom. The number of rotatable bonds is 3. The number of amides is 1. The molecule has 4 nitrogen and oxygen atoms in total. The second kappa shape index (κ2) is 5.20. The van der Waals surface area contributed by atoms with Gasteiger partial charge in [0.2, 0.25) is 5.91 Å². The van der Waals surface area contributed by atoms with E-state index in [0.29, 0.717) is 17.9 Å². The zero-order chi connectivity index (χ0) is 15.4. The fourth-order valence-corrected chi connectivity index (χ4v) is 5.68. The maximum Gasteiger partial charge on any atom is 0.225 e. The molecule has 1 amide bonds. The van der Waals surface area contributed by atoms with Crippen LogP contribution in [0.25, 0.3) is 0 Å². The Bertz CT molecular complexity index is 460. The van der Waals surface area contributed by atoms with Gasteiger partial charge in [0, 0.05) is 36.9 Å². The minimum absolute atomic E-state index is 0.115. The molecule has 0 aromatic carbocycles. The van der Waals surface area contributed by atoms with Crippen molar-refractivity contribution >= 4 is 5.91 Å². The molecule has 0 aromatic heterocycles. The first-order valence-corrected chi connectivity index (χ1v) is 9.17. The van der Waals surface area contributed by atoms with Gasteiger partial charge in [-0.05, 0) is 32.7 Å². The first-order valence-electron chi connectivity index (χ1n) is 9.17. The third-order valence-electron chi connectivity index (χ3n) is 6.96. The van der Waals surface area contributed by atoms with Gasteiger partial charge in [0.1, 0.15) is 0 Å². The first-order chi connectivity index (χ1) is 10.5. The molecule has 2 bridgehead atoms. The molecule has 22 heavy (non-hydrogen) atoms. The van der Waals surface area contributed by atoms with Crippen LogP contribution in [-0.4, -0.2) is 49.2 Å². The van der Waals surface area contributed by atoms with E-state index in [1.807, 2.05) is 0 Å². The van der Waals surface area contributed by atoms with Crippen LogP contribution in [0.15, 0.2) is 0 Å². The van der Waals surface area contributed by atoms with Crippen molar-refractivity contribution in [2.24, 2.45) is 17.3 Å². The van der Waals surface area contributed by atoms with Crippen molar-refractivity contribution in [3.05, 3.63) is 0 Å². The lowest BCUT2D eigenvalue weighted by molar-refractivity contribution is -0.132. The smallest absolute Gasteiger partial charge is 0.225 e. The summed E-state index contributed by atoms with van der Waals surface area (Å²) in [6.45, 7) is 5.19. The molecular weight excluding hydrogens is 276 g/mol. The maximum atomic E-state index is 12.7. The molecule has 1 spiro atoms. The Balaban J connectivity index is 1.39. The third kappa shape index (κ3) is 2.22. The van der Waals surface area contributed by atoms with Crippen molar-refractivity contribution < 1.29 is 9.53 Å². The van der Waals surface area contributed by atoms with Gasteiger partial charge in [0.25, 0.3) is 0 Å². The Hall–Kier alpha value is -0.610. The number of carbonyl (C=O) groups excluding carboxylic acids is 1. The van der Waals surface area contributed by atoms with Gasteiger partial charge in [0.15, 0.2) is 0 Å². The van der Waals surface area contributed by atoms with Crippen LogP contribution in [0, 0.1) is 17.3 Å². The lowest BCUT2D eigenvalue weighted by atomic mass is 9.73. The average molecular weight is 306 g/mol. The van der Waals surface area contributed by atoms with Crippen LogP contribution < -0.4 is 5.32 Å². The van der Waals surface area contributed by atoms with Crippen molar-refractivity contribution in [1.82, 2.24) is 10.2 Å². The van der Waals surface area contributed by atoms with E-state index in [4.69, 9.17) is 4.74 Å². The second-order valence-electron chi connectivity index (χ2n) is 8.56. The fourth-order valence-electron chi connectivity index (χ4n) is 5.68. The minimum atomic E-state index is -0.124. The molecule has 0 aromatic rings. The summed E-state index contributed by atoms with van der Waals surface area (Å²) in [4.78, 5) is 15.1. The Morgan fingerprint density at radius 1 is 1.27 bits per heavy atom. The number of nitrogens with zero attached hydrogens (tertiary/aromatic N) is 1. The summed E-state index contributed by atoms with van der Waals surface area (Å²) < 4.78 is 6.38. The van der Waals surface area contributed by atoms with Crippen molar-refractivity contribution in [3.63, 3.8) is 0 Å². The van der Waals surface area contributed by atoms with Gasteiger partial charge in [-0.1, -0.05) is 26.2 Å². The van der Waals surface area contributed by atoms with Crippen LogP contribution in [0.4, 0.5) is 0 Å². The molecule has 3 aliphatic heterocycles. The predicted molar refractivity (Wildman–Crippen MR) is 85.5 cm³/mol. The largest absolute Gasteiger partial charge is 0.370 e. The summed E-state index contributed by atoms with van der Waals surface area (Å²) in [6, 6.07) is 0. The molecule has 4 fully saturated rings. The van der Waals surface area contributed by atoms with Crippen LogP contribution >= 0.6 is 0 Å². The lowest BCUT2D eigenvalue weighted by Crippen LogP contribution is -2.46. The summed E-state index contributed by atoms with van der Waals surface area (Å²) in [5.41, 5.74) is -0.00949. The van der Waals surface area contributed by atoms with Crippen molar-refractivity contribution in [3.8, 4) is 0 Å². The number of likely N-dealkylation sites (tertiary alicyclic amines) is 1. The van der Waals surface area contributed by atoms with Crippen LogP contribution in [0.2, 0.25) is 0 Å². The summed E-state index contributed by atoms with van der Waals surface area (Å²) in [5, 5.41) is 3.31. The highest BCUT2D eigenvalue weighted by atomic mass is 16.5.